The fourth-order valence-corrected chi connectivity index (χ4v) is 3.26. The summed E-state index contributed by atoms with van der Waals surface area (Å²) >= 11 is 0. The standard InChI is InChI=1S/C17H27BN2O4/c19-17(16(21)22,8-3-4-10-18(23)24)9-7-15-11-13-5-1-2-6-14(13)12-20-15/h1-2,5-6,15,20,23-24H,3-4,7-12,19H2,(H,21,22). The summed E-state index contributed by atoms with van der Waals surface area (Å²) in [5.74, 6) is -0.983. The normalized spacial score (nSPS) is 19.4. The van der Waals surface area contributed by atoms with Crippen molar-refractivity contribution >= 4 is 13.1 Å². The van der Waals surface area contributed by atoms with Gasteiger partial charge in [-0.05, 0) is 43.1 Å². The van der Waals surface area contributed by atoms with E-state index in [1.165, 1.54) is 11.1 Å². The Balaban J connectivity index is 1.84. The number of benzene rings is 1. The molecule has 0 saturated carbocycles. The van der Waals surface area contributed by atoms with Gasteiger partial charge in [-0.3, -0.25) is 4.79 Å². The molecule has 6 nitrogen and oxygen atoms in total. The van der Waals surface area contributed by atoms with Crippen molar-refractivity contribution < 1.29 is 19.9 Å². The van der Waals surface area contributed by atoms with E-state index in [9.17, 15) is 9.90 Å². The van der Waals surface area contributed by atoms with Gasteiger partial charge in [0, 0.05) is 12.6 Å². The maximum absolute atomic E-state index is 11.6. The highest BCUT2D eigenvalue weighted by Crippen LogP contribution is 2.24. The summed E-state index contributed by atoms with van der Waals surface area (Å²) < 4.78 is 0. The van der Waals surface area contributed by atoms with Crippen LogP contribution in [0.5, 0.6) is 0 Å². The molecule has 0 aromatic heterocycles. The van der Waals surface area contributed by atoms with Crippen LogP contribution < -0.4 is 11.1 Å². The number of aliphatic carboxylic acids is 1. The second-order valence-corrected chi connectivity index (χ2v) is 6.78. The monoisotopic (exact) mass is 334 g/mol. The van der Waals surface area contributed by atoms with Gasteiger partial charge in [-0.15, -0.1) is 0 Å². The molecule has 0 radical (unpaired) electrons. The van der Waals surface area contributed by atoms with Gasteiger partial charge in [-0.25, -0.2) is 0 Å². The molecule has 1 aromatic rings. The lowest BCUT2D eigenvalue weighted by Crippen LogP contribution is -2.49. The topological polar surface area (TPSA) is 116 Å². The Hall–Kier alpha value is -1.41. The predicted molar refractivity (Wildman–Crippen MR) is 93.4 cm³/mol. The van der Waals surface area contributed by atoms with Crippen LogP contribution in [0.1, 0.15) is 43.2 Å². The molecule has 0 saturated heterocycles. The average molecular weight is 334 g/mol. The van der Waals surface area contributed by atoms with E-state index >= 15 is 0 Å². The smallest absolute Gasteiger partial charge is 0.451 e. The Kier molecular flexibility index (Phi) is 6.80. The van der Waals surface area contributed by atoms with Crippen LogP contribution in [0.2, 0.25) is 6.32 Å². The van der Waals surface area contributed by atoms with Crippen molar-refractivity contribution in [3.8, 4) is 0 Å². The molecule has 1 aromatic carbocycles. The number of rotatable bonds is 9. The molecule has 2 unspecified atom stereocenters. The van der Waals surface area contributed by atoms with Gasteiger partial charge in [0.2, 0.25) is 0 Å². The fraction of sp³-hybridized carbons (Fsp3) is 0.588. The van der Waals surface area contributed by atoms with E-state index in [0.717, 1.165) is 13.0 Å². The molecule has 2 rings (SSSR count). The number of carboxylic acid groups (broad SMARTS) is 1. The van der Waals surface area contributed by atoms with E-state index in [2.05, 4.69) is 17.4 Å². The highest BCUT2D eigenvalue weighted by Gasteiger charge is 2.34. The first-order chi connectivity index (χ1) is 11.4. The van der Waals surface area contributed by atoms with E-state index in [4.69, 9.17) is 15.8 Å². The van der Waals surface area contributed by atoms with Crippen molar-refractivity contribution in [3.05, 3.63) is 35.4 Å². The van der Waals surface area contributed by atoms with Crippen LogP contribution in [0.25, 0.3) is 0 Å². The first-order valence-corrected chi connectivity index (χ1v) is 8.59. The number of carboxylic acids is 1. The summed E-state index contributed by atoms with van der Waals surface area (Å²) in [4.78, 5) is 11.6. The molecule has 1 aliphatic heterocycles. The van der Waals surface area contributed by atoms with E-state index in [0.29, 0.717) is 32.1 Å². The molecule has 132 valence electrons. The lowest BCUT2D eigenvalue weighted by atomic mass is 9.80. The zero-order valence-electron chi connectivity index (χ0n) is 13.9. The minimum Gasteiger partial charge on any atom is -0.480 e. The average Bonchev–Trinajstić information content (AvgIpc) is 2.56. The summed E-state index contributed by atoms with van der Waals surface area (Å²) in [6.45, 7) is 0.805. The van der Waals surface area contributed by atoms with E-state index in [1.807, 2.05) is 12.1 Å². The van der Waals surface area contributed by atoms with Crippen molar-refractivity contribution in [2.75, 3.05) is 0 Å². The third-order valence-electron chi connectivity index (χ3n) is 4.87. The van der Waals surface area contributed by atoms with Crippen LogP contribution in [-0.4, -0.2) is 39.8 Å². The maximum Gasteiger partial charge on any atom is 0.451 e. The second kappa shape index (κ2) is 8.62. The second-order valence-electron chi connectivity index (χ2n) is 6.78. The third kappa shape index (κ3) is 5.31. The van der Waals surface area contributed by atoms with Crippen molar-refractivity contribution in [1.82, 2.24) is 5.32 Å². The van der Waals surface area contributed by atoms with Crippen molar-refractivity contribution in [2.45, 2.75) is 63.0 Å². The predicted octanol–water partition coefficient (Wildman–Crippen LogP) is 0.906. The molecule has 0 fully saturated rings. The molecular weight excluding hydrogens is 307 g/mol. The number of hydrogen-bond donors (Lipinski definition) is 5. The van der Waals surface area contributed by atoms with E-state index in [-0.39, 0.29) is 12.4 Å². The summed E-state index contributed by atoms with van der Waals surface area (Å²) in [6.07, 6.45) is 3.72. The minimum atomic E-state index is -1.34. The maximum atomic E-state index is 11.6. The zero-order chi connectivity index (χ0) is 17.6. The summed E-state index contributed by atoms with van der Waals surface area (Å²) in [5.41, 5.74) is 7.48. The lowest BCUT2D eigenvalue weighted by Gasteiger charge is -2.30. The van der Waals surface area contributed by atoms with Gasteiger partial charge in [0.25, 0.3) is 0 Å². The van der Waals surface area contributed by atoms with Crippen LogP contribution in [0.4, 0.5) is 0 Å². The van der Waals surface area contributed by atoms with Crippen molar-refractivity contribution in [1.29, 1.82) is 0 Å². The van der Waals surface area contributed by atoms with Crippen LogP contribution in [0.15, 0.2) is 24.3 Å². The molecule has 2 atom stereocenters. The fourth-order valence-electron chi connectivity index (χ4n) is 3.26. The first-order valence-electron chi connectivity index (χ1n) is 8.59. The Bertz CT molecular complexity index is 555. The molecule has 1 aliphatic rings. The first kappa shape index (κ1) is 18.9. The summed E-state index contributed by atoms with van der Waals surface area (Å²) in [5, 5.41) is 30.6. The number of unbranched alkanes of at least 4 members (excludes halogenated alkanes) is 1. The molecule has 0 spiro atoms. The number of nitrogens with one attached hydrogen (secondary N) is 1. The molecule has 0 aliphatic carbocycles. The Morgan fingerprint density at radius 3 is 2.62 bits per heavy atom. The Morgan fingerprint density at radius 2 is 1.96 bits per heavy atom. The molecule has 24 heavy (non-hydrogen) atoms. The molecular formula is C17H27BN2O4. The van der Waals surface area contributed by atoms with Gasteiger partial charge in [0.15, 0.2) is 0 Å². The van der Waals surface area contributed by atoms with Gasteiger partial charge in [0.05, 0.1) is 0 Å². The van der Waals surface area contributed by atoms with Crippen molar-refractivity contribution in [3.63, 3.8) is 0 Å². The van der Waals surface area contributed by atoms with E-state index in [1.54, 1.807) is 0 Å². The summed E-state index contributed by atoms with van der Waals surface area (Å²) in [6, 6.07) is 8.52. The van der Waals surface area contributed by atoms with E-state index < -0.39 is 18.6 Å². The Labute approximate surface area is 143 Å². The summed E-state index contributed by atoms with van der Waals surface area (Å²) in [7, 11) is -1.34. The molecule has 0 amide bonds. The van der Waals surface area contributed by atoms with Crippen LogP contribution in [0.3, 0.4) is 0 Å². The number of carbonyl (C=O) groups is 1. The van der Waals surface area contributed by atoms with Crippen LogP contribution in [0, 0.1) is 0 Å². The molecule has 6 N–H and O–H groups in total. The number of fused-ring (bicyclic) bond motifs is 1. The van der Waals surface area contributed by atoms with Crippen molar-refractivity contribution in [2.24, 2.45) is 5.73 Å². The zero-order valence-corrected chi connectivity index (χ0v) is 13.9. The largest absolute Gasteiger partial charge is 0.480 e. The van der Waals surface area contributed by atoms with Crippen LogP contribution in [-0.2, 0) is 17.8 Å². The van der Waals surface area contributed by atoms with Crippen LogP contribution >= 0.6 is 0 Å². The highest BCUT2D eigenvalue weighted by atomic mass is 16.4. The van der Waals surface area contributed by atoms with Gasteiger partial charge in [-0.1, -0.05) is 37.1 Å². The third-order valence-corrected chi connectivity index (χ3v) is 4.87. The molecule has 1 heterocycles. The number of nitrogens with two attached hydrogens (primary N) is 1. The van der Waals surface area contributed by atoms with Gasteiger partial charge in [-0.2, -0.15) is 0 Å². The van der Waals surface area contributed by atoms with Gasteiger partial charge in [0.1, 0.15) is 5.54 Å². The SMILES string of the molecule is NC(CCCCB(O)O)(CCC1Cc2ccccc2CN1)C(=O)O. The molecule has 7 heteroatoms. The minimum absolute atomic E-state index is 0.237. The highest BCUT2D eigenvalue weighted by molar-refractivity contribution is 6.40. The Morgan fingerprint density at radius 1 is 1.25 bits per heavy atom. The van der Waals surface area contributed by atoms with Gasteiger partial charge < -0.3 is 26.2 Å². The lowest BCUT2D eigenvalue weighted by molar-refractivity contribution is -0.144. The molecule has 0 bridgehead atoms. The quantitative estimate of drug-likeness (QED) is 0.339. The number of hydrogen-bond acceptors (Lipinski definition) is 5. The van der Waals surface area contributed by atoms with Gasteiger partial charge >= 0.3 is 13.1 Å².